The van der Waals surface area contributed by atoms with Crippen molar-refractivity contribution < 1.29 is 37.0 Å². The minimum atomic E-state index is -4.11. The number of esters is 2. The van der Waals surface area contributed by atoms with E-state index in [0.29, 0.717) is 17.9 Å². The van der Waals surface area contributed by atoms with Gasteiger partial charge in [0, 0.05) is 5.69 Å². The highest BCUT2D eigenvalue weighted by atomic mass is 32.2. The van der Waals surface area contributed by atoms with Gasteiger partial charge in [0.15, 0.2) is 0 Å². The summed E-state index contributed by atoms with van der Waals surface area (Å²) in [5, 5.41) is 2.60. The highest BCUT2D eigenvalue weighted by Crippen LogP contribution is 2.20. The number of nitrogens with one attached hydrogen (secondary N) is 2. The molecule has 11 heteroatoms. The minimum absolute atomic E-state index is 0.000257. The highest BCUT2D eigenvalue weighted by molar-refractivity contribution is 7.89. The summed E-state index contributed by atoms with van der Waals surface area (Å²) in [6.45, 7) is 2.24. The number of sulfonamides is 1. The summed E-state index contributed by atoms with van der Waals surface area (Å²) in [5.74, 6) is -1.66. The van der Waals surface area contributed by atoms with Gasteiger partial charge in [-0.25, -0.2) is 18.0 Å². The van der Waals surface area contributed by atoms with Crippen molar-refractivity contribution in [3.8, 4) is 5.75 Å². The Bertz CT molecular complexity index is 1360. The number of benzene rings is 3. The first-order valence-electron chi connectivity index (χ1n) is 11.6. The average molecular weight is 541 g/mol. The Morgan fingerprint density at radius 3 is 1.95 bits per heavy atom. The third kappa shape index (κ3) is 7.40. The van der Waals surface area contributed by atoms with Gasteiger partial charge in [-0.05, 0) is 61.4 Å². The summed E-state index contributed by atoms with van der Waals surface area (Å²) in [6.07, 6.45) is 0.0312. The Kier molecular flexibility index (Phi) is 9.58. The normalized spacial score (nSPS) is 11.8. The first kappa shape index (κ1) is 28.4. The maximum Gasteiger partial charge on any atom is 0.337 e. The number of hydrogen-bond donors (Lipinski definition) is 2. The molecule has 0 saturated carbocycles. The van der Waals surface area contributed by atoms with Gasteiger partial charge >= 0.3 is 11.9 Å². The van der Waals surface area contributed by atoms with Gasteiger partial charge in [-0.15, -0.1) is 0 Å². The van der Waals surface area contributed by atoms with Crippen LogP contribution in [-0.2, 0) is 30.7 Å². The summed E-state index contributed by atoms with van der Waals surface area (Å²) in [7, 11) is -1.76. The molecule has 0 aromatic heterocycles. The standard InChI is InChI=1S/C27H28N2O8S/c1-4-37-22-10-12-23(13-11-22)38(33,34)29-24(14-18-8-6-5-7-9-18)25(30)28-21-16-19(26(31)35-2)15-20(17-21)27(32)36-3/h5-13,15-17,24,29H,4,14H2,1-3H3,(H,28,30). The summed E-state index contributed by atoms with van der Waals surface area (Å²) < 4.78 is 43.6. The van der Waals surface area contributed by atoms with Crippen LogP contribution >= 0.6 is 0 Å². The fraction of sp³-hybridized carbons (Fsp3) is 0.222. The third-order valence-electron chi connectivity index (χ3n) is 5.38. The van der Waals surface area contributed by atoms with E-state index in [1.54, 1.807) is 30.3 Å². The Morgan fingerprint density at radius 2 is 1.42 bits per heavy atom. The molecule has 3 aromatic carbocycles. The summed E-state index contributed by atoms with van der Waals surface area (Å²) >= 11 is 0. The average Bonchev–Trinajstić information content (AvgIpc) is 2.92. The van der Waals surface area contributed by atoms with Gasteiger partial charge in [0.2, 0.25) is 15.9 Å². The van der Waals surface area contributed by atoms with Gasteiger partial charge in [0.05, 0.1) is 36.8 Å². The summed E-state index contributed by atoms with van der Waals surface area (Å²) in [4.78, 5) is 37.6. The molecule has 1 unspecified atom stereocenters. The molecule has 0 bridgehead atoms. The number of anilines is 1. The topological polar surface area (TPSA) is 137 Å². The van der Waals surface area contributed by atoms with E-state index in [0.717, 1.165) is 0 Å². The molecule has 10 nitrogen and oxygen atoms in total. The molecule has 0 aliphatic carbocycles. The lowest BCUT2D eigenvalue weighted by molar-refractivity contribution is -0.117. The van der Waals surface area contributed by atoms with Gasteiger partial charge in [-0.3, -0.25) is 4.79 Å². The van der Waals surface area contributed by atoms with Crippen LogP contribution in [0.4, 0.5) is 5.69 Å². The van der Waals surface area contributed by atoms with Crippen LogP contribution in [0.1, 0.15) is 33.2 Å². The second-order valence-corrected chi connectivity index (χ2v) is 9.75. The van der Waals surface area contributed by atoms with Gasteiger partial charge < -0.3 is 19.5 Å². The Morgan fingerprint density at radius 1 is 0.842 bits per heavy atom. The number of methoxy groups -OCH3 is 2. The lowest BCUT2D eigenvalue weighted by atomic mass is 10.1. The quantitative estimate of drug-likeness (QED) is 0.354. The maximum atomic E-state index is 13.4. The van der Waals surface area contributed by atoms with Gasteiger partial charge in [-0.2, -0.15) is 4.72 Å². The van der Waals surface area contributed by atoms with E-state index in [9.17, 15) is 22.8 Å². The fourth-order valence-corrected chi connectivity index (χ4v) is 4.77. The minimum Gasteiger partial charge on any atom is -0.494 e. The molecule has 1 atom stereocenters. The molecular weight excluding hydrogens is 512 g/mol. The van der Waals surface area contributed by atoms with E-state index in [1.165, 1.54) is 56.7 Å². The molecule has 0 heterocycles. The van der Waals surface area contributed by atoms with Crippen LogP contribution in [0, 0.1) is 0 Å². The largest absolute Gasteiger partial charge is 0.494 e. The summed E-state index contributed by atoms with van der Waals surface area (Å²) in [5.41, 5.74) is 0.790. The van der Waals surface area contributed by atoms with Crippen molar-refractivity contribution >= 4 is 33.6 Å². The van der Waals surface area contributed by atoms with E-state index < -0.39 is 33.9 Å². The van der Waals surface area contributed by atoms with Crippen molar-refractivity contribution in [3.63, 3.8) is 0 Å². The molecule has 0 aliphatic heterocycles. The predicted octanol–water partition coefficient (Wildman–Crippen LogP) is 3.19. The van der Waals surface area contributed by atoms with Gasteiger partial charge in [-0.1, -0.05) is 30.3 Å². The number of rotatable bonds is 11. The molecular formula is C27H28N2O8S. The lowest BCUT2D eigenvalue weighted by Crippen LogP contribution is -2.45. The zero-order chi connectivity index (χ0) is 27.7. The Balaban J connectivity index is 1.93. The van der Waals surface area contributed by atoms with Crippen molar-refractivity contribution in [3.05, 3.63) is 89.5 Å². The molecule has 38 heavy (non-hydrogen) atoms. The molecule has 0 fully saturated rings. The molecule has 0 radical (unpaired) electrons. The number of ether oxygens (including phenoxy) is 3. The molecule has 3 aromatic rings. The highest BCUT2D eigenvalue weighted by Gasteiger charge is 2.27. The van der Waals surface area contributed by atoms with E-state index in [2.05, 4.69) is 10.0 Å². The molecule has 0 aliphatic rings. The smallest absolute Gasteiger partial charge is 0.337 e. The van der Waals surface area contributed by atoms with Crippen molar-refractivity contribution in [1.29, 1.82) is 0 Å². The zero-order valence-corrected chi connectivity index (χ0v) is 21.9. The summed E-state index contributed by atoms with van der Waals surface area (Å²) in [6, 6.07) is 17.3. The van der Waals surface area contributed by atoms with Crippen LogP contribution in [0.2, 0.25) is 0 Å². The van der Waals surface area contributed by atoms with Crippen LogP contribution in [-0.4, -0.2) is 53.1 Å². The van der Waals surface area contributed by atoms with E-state index in [1.807, 2.05) is 6.92 Å². The van der Waals surface area contributed by atoms with E-state index >= 15 is 0 Å². The first-order chi connectivity index (χ1) is 18.2. The van der Waals surface area contributed by atoms with Gasteiger partial charge in [0.1, 0.15) is 11.8 Å². The van der Waals surface area contributed by atoms with E-state index in [-0.39, 0.29) is 28.1 Å². The molecule has 3 rings (SSSR count). The SMILES string of the molecule is CCOc1ccc(S(=O)(=O)NC(Cc2ccccc2)C(=O)Nc2cc(C(=O)OC)cc(C(=O)OC)c2)cc1. The van der Waals surface area contributed by atoms with Crippen molar-refractivity contribution in [2.45, 2.75) is 24.3 Å². The van der Waals surface area contributed by atoms with Crippen molar-refractivity contribution in [1.82, 2.24) is 4.72 Å². The van der Waals surface area contributed by atoms with Crippen LogP contribution < -0.4 is 14.8 Å². The maximum absolute atomic E-state index is 13.4. The van der Waals surface area contributed by atoms with Crippen molar-refractivity contribution in [2.75, 3.05) is 26.1 Å². The molecule has 1 amide bonds. The lowest BCUT2D eigenvalue weighted by Gasteiger charge is -2.19. The molecule has 0 spiro atoms. The Hall–Kier alpha value is -4.22. The van der Waals surface area contributed by atoms with Crippen molar-refractivity contribution in [2.24, 2.45) is 0 Å². The number of amides is 1. The molecule has 0 saturated heterocycles. The monoisotopic (exact) mass is 540 g/mol. The fourth-order valence-electron chi connectivity index (χ4n) is 3.58. The first-order valence-corrected chi connectivity index (χ1v) is 13.1. The Labute approximate surface area is 221 Å². The second-order valence-electron chi connectivity index (χ2n) is 8.04. The van der Waals surface area contributed by atoms with Crippen LogP contribution in [0.5, 0.6) is 5.75 Å². The zero-order valence-electron chi connectivity index (χ0n) is 21.1. The predicted molar refractivity (Wildman–Crippen MR) is 140 cm³/mol. The van der Waals surface area contributed by atoms with Crippen LogP contribution in [0.3, 0.4) is 0 Å². The van der Waals surface area contributed by atoms with E-state index in [4.69, 9.17) is 14.2 Å². The second kappa shape index (κ2) is 12.8. The van der Waals surface area contributed by atoms with Crippen LogP contribution in [0.25, 0.3) is 0 Å². The number of carbonyl (C=O) groups excluding carboxylic acids is 3. The molecule has 2 N–H and O–H groups in total. The van der Waals surface area contributed by atoms with Crippen LogP contribution in [0.15, 0.2) is 77.7 Å². The number of hydrogen-bond acceptors (Lipinski definition) is 8. The molecule has 200 valence electrons. The van der Waals surface area contributed by atoms with Gasteiger partial charge in [0.25, 0.3) is 0 Å². The number of carbonyl (C=O) groups is 3. The third-order valence-corrected chi connectivity index (χ3v) is 6.87.